The second-order valence-electron chi connectivity index (χ2n) is 5.84. The van der Waals surface area contributed by atoms with Crippen molar-refractivity contribution in [2.45, 2.75) is 70.6 Å². The topological polar surface area (TPSA) is 59.6 Å². The van der Waals surface area contributed by atoms with Gasteiger partial charge in [0.2, 0.25) is 5.91 Å². The molecule has 1 aliphatic carbocycles. The Balaban J connectivity index is 2.14. The van der Waals surface area contributed by atoms with Crippen molar-refractivity contribution in [3.05, 3.63) is 0 Å². The molecule has 1 rings (SSSR count). The molecule has 0 spiro atoms. The van der Waals surface area contributed by atoms with Gasteiger partial charge in [-0.05, 0) is 52.0 Å². The number of hydrogen-bond acceptors (Lipinski definition) is 4. The molecule has 0 aromatic rings. The van der Waals surface area contributed by atoms with Crippen LogP contribution in [0.25, 0.3) is 0 Å². The fraction of sp³-hybridized carbons (Fsp3) is 0.938. The average molecular weight is 300 g/mol. The molecular formula is C16H32N2O3. The first kappa shape index (κ1) is 18.4. The number of nitrogens with one attached hydrogen (secondary N) is 2. The summed E-state index contributed by atoms with van der Waals surface area (Å²) in [6.07, 6.45) is 6.26. The van der Waals surface area contributed by atoms with E-state index in [2.05, 4.69) is 17.6 Å². The van der Waals surface area contributed by atoms with Crippen molar-refractivity contribution in [3.8, 4) is 0 Å². The monoisotopic (exact) mass is 300 g/mol. The third-order valence-electron chi connectivity index (χ3n) is 3.95. The highest BCUT2D eigenvalue weighted by molar-refractivity contribution is 5.80. The van der Waals surface area contributed by atoms with E-state index in [0.29, 0.717) is 19.2 Å². The van der Waals surface area contributed by atoms with Crippen LogP contribution in [-0.4, -0.2) is 51.0 Å². The molecule has 1 amide bonds. The van der Waals surface area contributed by atoms with Gasteiger partial charge in [0.05, 0.1) is 6.10 Å². The van der Waals surface area contributed by atoms with Gasteiger partial charge >= 0.3 is 0 Å². The van der Waals surface area contributed by atoms with Crippen LogP contribution in [0.2, 0.25) is 0 Å². The first-order chi connectivity index (χ1) is 10.2. The number of hydrogen-bond donors (Lipinski definition) is 2. The Kier molecular flexibility index (Phi) is 9.63. The van der Waals surface area contributed by atoms with E-state index in [0.717, 1.165) is 38.6 Å². The molecule has 0 aromatic carbocycles. The van der Waals surface area contributed by atoms with E-state index >= 15 is 0 Å². The van der Waals surface area contributed by atoms with Gasteiger partial charge in [-0.3, -0.25) is 4.79 Å². The van der Waals surface area contributed by atoms with Gasteiger partial charge < -0.3 is 20.1 Å². The highest BCUT2D eigenvalue weighted by Crippen LogP contribution is 2.22. The summed E-state index contributed by atoms with van der Waals surface area (Å²) in [6, 6.07) is 0.628. The van der Waals surface area contributed by atoms with E-state index in [9.17, 15) is 4.79 Å². The molecule has 0 heterocycles. The molecule has 1 fully saturated rings. The number of ether oxygens (including phenoxy) is 2. The second kappa shape index (κ2) is 11.0. The quantitative estimate of drug-likeness (QED) is 0.605. The second-order valence-corrected chi connectivity index (χ2v) is 5.84. The summed E-state index contributed by atoms with van der Waals surface area (Å²) in [7, 11) is 1.67. The van der Waals surface area contributed by atoms with Crippen molar-refractivity contribution >= 4 is 5.91 Å². The van der Waals surface area contributed by atoms with E-state index in [-0.39, 0.29) is 18.1 Å². The molecule has 1 atom stereocenters. The number of amides is 1. The van der Waals surface area contributed by atoms with Crippen LogP contribution >= 0.6 is 0 Å². The third-order valence-corrected chi connectivity index (χ3v) is 3.95. The number of carbonyl (C=O) groups excluding carboxylic acids is 1. The van der Waals surface area contributed by atoms with Crippen LogP contribution in [0, 0.1) is 0 Å². The normalized spacial score (nSPS) is 23.8. The molecule has 124 valence electrons. The SMILES string of the molecule is CCCNC1CCC(OC(C)C(=O)NCCCOC)CC1. The fourth-order valence-corrected chi connectivity index (χ4v) is 2.67. The molecule has 0 aromatic heterocycles. The third kappa shape index (κ3) is 7.79. The van der Waals surface area contributed by atoms with Crippen LogP contribution < -0.4 is 10.6 Å². The number of methoxy groups -OCH3 is 1. The molecule has 1 aliphatic rings. The minimum Gasteiger partial charge on any atom is -0.385 e. The molecule has 1 unspecified atom stereocenters. The average Bonchev–Trinajstić information content (AvgIpc) is 2.50. The van der Waals surface area contributed by atoms with Gasteiger partial charge in [0.25, 0.3) is 0 Å². The first-order valence-electron chi connectivity index (χ1n) is 8.32. The van der Waals surface area contributed by atoms with Gasteiger partial charge in [-0.2, -0.15) is 0 Å². The van der Waals surface area contributed by atoms with Crippen molar-refractivity contribution < 1.29 is 14.3 Å². The molecule has 0 bridgehead atoms. The molecule has 21 heavy (non-hydrogen) atoms. The lowest BCUT2D eigenvalue weighted by Crippen LogP contribution is -2.40. The molecule has 0 saturated heterocycles. The number of rotatable bonds is 10. The fourth-order valence-electron chi connectivity index (χ4n) is 2.67. The summed E-state index contributed by atoms with van der Waals surface area (Å²) in [6.45, 7) is 6.44. The summed E-state index contributed by atoms with van der Waals surface area (Å²) in [5, 5.41) is 6.45. The van der Waals surface area contributed by atoms with Gasteiger partial charge in [-0.25, -0.2) is 0 Å². The summed E-state index contributed by atoms with van der Waals surface area (Å²) in [5.74, 6) is -0.0164. The zero-order chi connectivity index (χ0) is 15.5. The summed E-state index contributed by atoms with van der Waals surface area (Å²) in [4.78, 5) is 11.9. The molecule has 5 heteroatoms. The molecule has 0 aliphatic heterocycles. The minimum absolute atomic E-state index is 0.0164. The standard InChI is InChI=1S/C16H32N2O3/c1-4-10-17-14-6-8-15(9-7-14)21-13(2)16(19)18-11-5-12-20-3/h13-15,17H,4-12H2,1-3H3,(H,18,19). The van der Waals surface area contributed by atoms with Crippen molar-refractivity contribution in [3.63, 3.8) is 0 Å². The highest BCUT2D eigenvalue weighted by atomic mass is 16.5. The Morgan fingerprint density at radius 3 is 2.57 bits per heavy atom. The summed E-state index contributed by atoms with van der Waals surface area (Å²) >= 11 is 0. The molecule has 0 radical (unpaired) electrons. The van der Waals surface area contributed by atoms with Crippen LogP contribution in [0.3, 0.4) is 0 Å². The zero-order valence-corrected chi connectivity index (χ0v) is 13.8. The van der Waals surface area contributed by atoms with E-state index < -0.39 is 0 Å². The predicted molar refractivity (Wildman–Crippen MR) is 84.4 cm³/mol. The van der Waals surface area contributed by atoms with Crippen LogP contribution in [0.15, 0.2) is 0 Å². The smallest absolute Gasteiger partial charge is 0.248 e. The van der Waals surface area contributed by atoms with Crippen molar-refractivity contribution in [2.75, 3.05) is 26.8 Å². The molecule has 1 saturated carbocycles. The van der Waals surface area contributed by atoms with Crippen molar-refractivity contribution in [1.29, 1.82) is 0 Å². The molecule has 5 nitrogen and oxygen atoms in total. The van der Waals surface area contributed by atoms with Crippen LogP contribution in [0.1, 0.15) is 52.4 Å². The molecular weight excluding hydrogens is 268 g/mol. The number of carbonyl (C=O) groups is 1. The van der Waals surface area contributed by atoms with Crippen molar-refractivity contribution in [1.82, 2.24) is 10.6 Å². The maximum atomic E-state index is 11.9. The lowest BCUT2D eigenvalue weighted by Gasteiger charge is -2.30. The first-order valence-corrected chi connectivity index (χ1v) is 8.32. The Morgan fingerprint density at radius 2 is 1.95 bits per heavy atom. The summed E-state index contributed by atoms with van der Waals surface area (Å²) in [5.41, 5.74) is 0. The van der Waals surface area contributed by atoms with Gasteiger partial charge in [0.15, 0.2) is 0 Å². The minimum atomic E-state index is -0.363. The summed E-state index contributed by atoms with van der Waals surface area (Å²) < 4.78 is 10.8. The van der Waals surface area contributed by atoms with Gasteiger partial charge in [0.1, 0.15) is 6.10 Å². The zero-order valence-electron chi connectivity index (χ0n) is 13.8. The predicted octanol–water partition coefficient (Wildman–Crippen LogP) is 1.85. The van der Waals surface area contributed by atoms with E-state index in [4.69, 9.17) is 9.47 Å². The van der Waals surface area contributed by atoms with E-state index in [1.807, 2.05) is 6.92 Å². The molecule has 2 N–H and O–H groups in total. The van der Waals surface area contributed by atoms with Crippen molar-refractivity contribution in [2.24, 2.45) is 0 Å². The Labute approximate surface area is 129 Å². The maximum Gasteiger partial charge on any atom is 0.248 e. The maximum absolute atomic E-state index is 11.9. The Morgan fingerprint density at radius 1 is 1.24 bits per heavy atom. The Hall–Kier alpha value is -0.650. The van der Waals surface area contributed by atoms with E-state index in [1.54, 1.807) is 7.11 Å². The van der Waals surface area contributed by atoms with E-state index in [1.165, 1.54) is 6.42 Å². The van der Waals surface area contributed by atoms with Crippen LogP contribution in [0.4, 0.5) is 0 Å². The van der Waals surface area contributed by atoms with Gasteiger partial charge in [-0.15, -0.1) is 0 Å². The highest BCUT2D eigenvalue weighted by Gasteiger charge is 2.24. The Bertz CT molecular complexity index is 279. The largest absolute Gasteiger partial charge is 0.385 e. The van der Waals surface area contributed by atoms with Gasteiger partial charge in [0, 0.05) is 26.3 Å². The van der Waals surface area contributed by atoms with Crippen LogP contribution in [0.5, 0.6) is 0 Å². The lowest BCUT2D eigenvalue weighted by atomic mass is 9.93. The van der Waals surface area contributed by atoms with Gasteiger partial charge in [-0.1, -0.05) is 6.92 Å². The lowest BCUT2D eigenvalue weighted by molar-refractivity contribution is -0.136. The van der Waals surface area contributed by atoms with Crippen LogP contribution in [-0.2, 0) is 14.3 Å².